The van der Waals surface area contributed by atoms with E-state index >= 15 is 0 Å². The predicted molar refractivity (Wildman–Crippen MR) is 53.2 cm³/mol. The lowest BCUT2D eigenvalue weighted by Crippen LogP contribution is -2.25. The van der Waals surface area contributed by atoms with Gasteiger partial charge < -0.3 is 10.2 Å². The van der Waals surface area contributed by atoms with Crippen LogP contribution in [-0.4, -0.2) is 22.7 Å². The predicted octanol–water partition coefficient (Wildman–Crippen LogP) is 0.708. The van der Waals surface area contributed by atoms with E-state index < -0.39 is 0 Å². The summed E-state index contributed by atoms with van der Waals surface area (Å²) < 4.78 is 0. The molecule has 0 aliphatic carbocycles. The summed E-state index contributed by atoms with van der Waals surface area (Å²) in [5.74, 6) is -0.748. The molecule has 0 radical (unpaired) electrons. The highest BCUT2D eigenvalue weighted by molar-refractivity contribution is 5.77. The third-order valence-corrected chi connectivity index (χ3v) is 1.73. The Hall–Kier alpha value is -1.75. The Balaban J connectivity index is 2.57. The molecule has 0 unspecified atom stereocenters. The number of carbonyl (C=O) groups excluding carboxylic acids is 1. The number of phenolic OH excluding ortho intramolecular Hbond substituents is 2. The molecular formula is C10H13NO4. The molecule has 0 aliphatic heterocycles. The van der Waals surface area contributed by atoms with E-state index in [0.717, 1.165) is 0 Å². The number of nitrogens with one attached hydrogen (secondary N) is 1. The Morgan fingerprint density at radius 3 is 2.73 bits per heavy atom. The number of hydrogen-bond acceptors (Lipinski definition) is 4. The molecule has 0 heterocycles. The van der Waals surface area contributed by atoms with Crippen LogP contribution in [0.1, 0.15) is 12.5 Å². The first-order valence-corrected chi connectivity index (χ1v) is 4.55. The first kappa shape index (κ1) is 11.3. The van der Waals surface area contributed by atoms with Crippen LogP contribution in [0.5, 0.6) is 11.5 Å². The van der Waals surface area contributed by atoms with Gasteiger partial charge in [-0.2, -0.15) is 0 Å². The molecule has 15 heavy (non-hydrogen) atoms. The second-order valence-corrected chi connectivity index (χ2v) is 2.96. The molecule has 82 valence electrons. The largest absolute Gasteiger partial charge is 0.504 e. The summed E-state index contributed by atoms with van der Waals surface area (Å²) >= 11 is 0. The van der Waals surface area contributed by atoms with Gasteiger partial charge in [-0.05, 0) is 24.6 Å². The standard InChI is InChI=1S/C10H13NO4/c1-2-15-11-10(14)6-7-3-4-8(12)9(13)5-7/h3-5,12-13H,2,6H2,1H3,(H,11,14). The minimum absolute atomic E-state index is 0.0911. The number of hydrogen-bond donors (Lipinski definition) is 3. The summed E-state index contributed by atoms with van der Waals surface area (Å²) in [5, 5.41) is 18.2. The number of benzene rings is 1. The van der Waals surface area contributed by atoms with Crippen molar-refractivity contribution in [3.8, 4) is 11.5 Å². The van der Waals surface area contributed by atoms with Crippen LogP contribution in [0, 0.1) is 0 Å². The fourth-order valence-corrected chi connectivity index (χ4v) is 1.05. The fraction of sp³-hybridized carbons (Fsp3) is 0.300. The lowest BCUT2D eigenvalue weighted by Gasteiger charge is -2.04. The maximum Gasteiger partial charge on any atom is 0.247 e. The van der Waals surface area contributed by atoms with Gasteiger partial charge in [-0.1, -0.05) is 6.07 Å². The molecule has 5 nitrogen and oxygen atoms in total. The Morgan fingerprint density at radius 1 is 1.40 bits per heavy atom. The van der Waals surface area contributed by atoms with Crippen molar-refractivity contribution in [2.24, 2.45) is 0 Å². The number of amides is 1. The highest BCUT2D eigenvalue weighted by atomic mass is 16.6. The highest BCUT2D eigenvalue weighted by Crippen LogP contribution is 2.24. The average Bonchev–Trinajstić information content (AvgIpc) is 2.20. The molecule has 1 rings (SSSR count). The van der Waals surface area contributed by atoms with Gasteiger partial charge in [0.15, 0.2) is 11.5 Å². The van der Waals surface area contributed by atoms with Crippen molar-refractivity contribution in [1.29, 1.82) is 0 Å². The highest BCUT2D eigenvalue weighted by Gasteiger charge is 2.05. The summed E-state index contributed by atoms with van der Waals surface area (Å²) in [7, 11) is 0. The van der Waals surface area contributed by atoms with Crippen LogP contribution in [0.4, 0.5) is 0 Å². The molecule has 0 atom stereocenters. The molecule has 1 amide bonds. The van der Waals surface area contributed by atoms with Crippen molar-refractivity contribution in [2.45, 2.75) is 13.3 Å². The maximum atomic E-state index is 11.2. The van der Waals surface area contributed by atoms with E-state index in [4.69, 9.17) is 9.94 Å². The SMILES string of the molecule is CCONC(=O)Cc1ccc(O)c(O)c1. The van der Waals surface area contributed by atoms with E-state index in [0.29, 0.717) is 12.2 Å². The second-order valence-electron chi connectivity index (χ2n) is 2.96. The number of phenols is 2. The summed E-state index contributed by atoms with van der Waals surface area (Å²) in [6.07, 6.45) is 0.0911. The maximum absolute atomic E-state index is 11.2. The number of carbonyl (C=O) groups is 1. The van der Waals surface area contributed by atoms with E-state index in [1.54, 1.807) is 13.0 Å². The van der Waals surface area contributed by atoms with Gasteiger partial charge in [-0.15, -0.1) is 0 Å². The molecule has 0 aliphatic rings. The summed E-state index contributed by atoms with van der Waals surface area (Å²) in [5.41, 5.74) is 2.83. The average molecular weight is 211 g/mol. The normalized spacial score (nSPS) is 9.93. The Kier molecular flexibility index (Phi) is 3.93. The second kappa shape index (κ2) is 5.21. The van der Waals surface area contributed by atoms with Gasteiger partial charge in [0.05, 0.1) is 13.0 Å². The zero-order valence-corrected chi connectivity index (χ0v) is 8.36. The molecule has 0 spiro atoms. The van der Waals surface area contributed by atoms with Crippen molar-refractivity contribution < 1.29 is 19.8 Å². The molecule has 0 aromatic heterocycles. The zero-order valence-electron chi connectivity index (χ0n) is 8.36. The van der Waals surface area contributed by atoms with Gasteiger partial charge in [0.1, 0.15) is 0 Å². The first-order chi connectivity index (χ1) is 7.13. The Labute approximate surface area is 87.3 Å². The van der Waals surface area contributed by atoms with Crippen molar-refractivity contribution in [3.05, 3.63) is 23.8 Å². The van der Waals surface area contributed by atoms with Crippen LogP contribution in [-0.2, 0) is 16.1 Å². The van der Waals surface area contributed by atoms with E-state index in [-0.39, 0.29) is 23.8 Å². The van der Waals surface area contributed by atoms with Crippen molar-refractivity contribution in [1.82, 2.24) is 5.48 Å². The van der Waals surface area contributed by atoms with Crippen molar-refractivity contribution in [3.63, 3.8) is 0 Å². The van der Waals surface area contributed by atoms with Crippen LogP contribution in [0.15, 0.2) is 18.2 Å². The molecule has 0 fully saturated rings. The minimum Gasteiger partial charge on any atom is -0.504 e. The van der Waals surface area contributed by atoms with Gasteiger partial charge in [-0.3, -0.25) is 9.63 Å². The monoisotopic (exact) mass is 211 g/mol. The molecule has 0 bridgehead atoms. The van der Waals surface area contributed by atoms with E-state index in [2.05, 4.69) is 5.48 Å². The molecule has 0 saturated carbocycles. The number of hydroxylamine groups is 1. The third-order valence-electron chi connectivity index (χ3n) is 1.73. The fourth-order valence-electron chi connectivity index (χ4n) is 1.05. The van der Waals surface area contributed by atoms with E-state index in [1.807, 2.05) is 0 Å². The quantitative estimate of drug-likeness (QED) is 0.506. The van der Waals surface area contributed by atoms with Gasteiger partial charge >= 0.3 is 0 Å². The molecule has 3 N–H and O–H groups in total. The van der Waals surface area contributed by atoms with Gasteiger partial charge in [0.25, 0.3) is 0 Å². The van der Waals surface area contributed by atoms with Crippen LogP contribution >= 0.6 is 0 Å². The summed E-state index contributed by atoms with van der Waals surface area (Å²) in [6, 6.07) is 4.22. The molecule has 1 aromatic carbocycles. The van der Waals surface area contributed by atoms with E-state index in [1.165, 1.54) is 12.1 Å². The van der Waals surface area contributed by atoms with Gasteiger partial charge in [-0.25, -0.2) is 5.48 Å². The van der Waals surface area contributed by atoms with Crippen LogP contribution in [0.2, 0.25) is 0 Å². The Morgan fingerprint density at radius 2 is 2.13 bits per heavy atom. The van der Waals surface area contributed by atoms with Crippen molar-refractivity contribution >= 4 is 5.91 Å². The minimum atomic E-state index is -0.304. The van der Waals surface area contributed by atoms with E-state index in [9.17, 15) is 9.90 Å². The van der Waals surface area contributed by atoms with Crippen LogP contribution < -0.4 is 5.48 Å². The van der Waals surface area contributed by atoms with Crippen molar-refractivity contribution in [2.75, 3.05) is 6.61 Å². The molecule has 1 aromatic rings. The van der Waals surface area contributed by atoms with Crippen LogP contribution in [0.3, 0.4) is 0 Å². The lowest BCUT2D eigenvalue weighted by molar-refractivity contribution is -0.132. The first-order valence-electron chi connectivity index (χ1n) is 4.55. The lowest BCUT2D eigenvalue weighted by atomic mass is 10.1. The van der Waals surface area contributed by atoms with Gasteiger partial charge in [0, 0.05) is 0 Å². The molecule has 5 heteroatoms. The molecular weight excluding hydrogens is 198 g/mol. The smallest absolute Gasteiger partial charge is 0.247 e. The van der Waals surface area contributed by atoms with Gasteiger partial charge in [0.2, 0.25) is 5.91 Å². The number of aromatic hydroxyl groups is 2. The third kappa shape index (κ3) is 3.47. The zero-order chi connectivity index (χ0) is 11.3. The van der Waals surface area contributed by atoms with Crippen LogP contribution in [0.25, 0.3) is 0 Å². The topological polar surface area (TPSA) is 78.8 Å². The molecule has 0 saturated heterocycles. The Bertz CT molecular complexity index is 351. The summed E-state index contributed by atoms with van der Waals surface area (Å²) in [6.45, 7) is 2.15. The summed E-state index contributed by atoms with van der Waals surface area (Å²) in [4.78, 5) is 15.9. The number of rotatable bonds is 4.